The molecule has 2 aromatic heterocycles. The van der Waals surface area contributed by atoms with Gasteiger partial charge in [-0.1, -0.05) is 51.1 Å². The molecule has 1 amide bonds. The average molecular weight is 430 g/mol. The molecule has 7 heteroatoms. The largest absolute Gasteiger partial charge is 0.309 e. The molecule has 32 heavy (non-hydrogen) atoms. The number of aromatic nitrogens is 4. The van der Waals surface area contributed by atoms with E-state index in [4.69, 9.17) is 5.10 Å². The highest BCUT2D eigenvalue weighted by Gasteiger charge is 2.22. The number of rotatable bonds is 4. The number of benzene rings is 2. The third-order valence-electron chi connectivity index (χ3n) is 5.34. The lowest BCUT2D eigenvalue weighted by Crippen LogP contribution is -2.30. The van der Waals surface area contributed by atoms with Gasteiger partial charge < -0.3 is 5.32 Å². The molecule has 0 aliphatic carbocycles. The van der Waals surface area contributed by atoms with E-state index in [1.54, 1.807) is 10.7 Å². The maximum atomic E-state index is 12.9. The maximum Gasteiger partial charge on any atom is 0.275 e. The molecular formula is C25H27N5O2. The van der Waals surface area contributed by atoms with Gasteiger partial charge in [-0.15, -0.1) is 0 Å². The SMILES string of the molecule is Cc1cccc(-n2nc(C(C)(C)C)cc2NC(=O)Cn2nc(C)c3ccccc3c2=O)c1. The summed E-state index contributed by atoms with van der Waals surface area (Å²) in [5, 5.41) is 13.4. The van der Waals surface area contributed by atoms with Crippen molar-refractivity contribution < 1.29 is 4.79 Å². The number of nitrogens with one attached hydrogen (secondary N) is 1. The van der Waals surface area contributed by atoms with Crippen LogP contribution in [-0.2, 0) is 16.8 Å². The number of hydrogen-bond acceptors (Lipinski definition) is 4. The second-order valence-electron chi connectivity index (χ2n) is 9.06. The van der Waals surface area contributed by atoms with Gasteiger partial charge in [0.05, 0.1) is 22.5 Å². The fourth-order valence-corrected chi connectivity index (χ4v) is 3.62. The van der Waals surface area contributed by atoms with Gasteiger partial charge in [0.25, 0.3) is 5.56 Å². The molecule has 0 bridgehead atoms. The lowest BCUT2D eigenvalue weighted by Gasteiger charge is -2.14. The highest BCUT2D eigenvalue weighted by molar-refractivity contribution is 5.90. The first-order chi connectivity index (χ1) is 15.1. The van der Waals surface area contributed by atoms with Gasteiger partial charge in [0, 0.05) is 16.9 Å². The second kappa shape index (κ2) is 8.07. The lowest BCUT2D eigenvalue weighted by atomic mass is 9.92. The summed E-state index contributed by atoms with van der Waals surface area (Å²) in [6, 6.07) is 17.1. The van der Waals surface area contributed by atoms with E-state index in [9.17, 15) is 9.59 Å². The summed E-state index contributed by atoms with van der Waals surface area (Å²) >= 11 is 0. The van der Waals surface area contributed by atoms with Crippen molar-refractivity contribution in [2.75, 3.05) is 5.32 Å². The van der Waals surface area contributed by atoms with E-state index in [0.717, 1.165) is 22.3 Å². The topological polar surface area (TPSA) is 81.8 Å². The number of amides is 1. The van der Waals surface area contributed by atoms with Gasteiger partial charge in [-0.3, -0.25) is 9.59 Å². The van der Waals surface area contributed by atoms with E-state index < -0.39 is 0 Å². The molecule has 164 valence electrons. The lowest BCUT2D eigenvalue weighted by molar-refractivity contribution is -0.117. The van der Waals surface area contributed by atoms with Crippen LogP contribution in [0.25, 0.3) is 16.5 Å². The maximum absolute atomic E-state index is 12.9. The molecule has 0 aliphatic rings. The normalized spacial score (nSPS) is 11.7. The molecule has 0 saturated carbocycles. The quantitative estimate of drug-likeness (QED) is 0.529. The van der Waals surface area contributed by atoms with Crippen LogP contribution >= 0.6 is 0 Å². The van der Waals surface area contributed by atoms with Crippen molar-refractivity contribution in [1.29, 1.82) is 0 Å². The minimum absolute atomic E-state index is 0.186. The molecule has 0 aliphatic heterocycles. The average Bonchev–Trinajstić information content (AvgIpc) is 3.16. The molecule has 2 heterocycles. The smallest absolute Gasteiger partial charge is 0.275 e. The molecule has 0 unspecified atom stereocenters. The van der Waals surface area contributed by atoms with Crippen molar-refractivity contribution in [1.82, 2.24) is 19.6 Å². The molecule has 2 aromatic carbocycles. The zero-order valence-corrected chi connectivity index (χ0v) is 19.0. The molecule has 4 aromatic rings. The Hall–Kier alpha value is -3.74. The van der Waals surface area contributed by atoms with Crippen LogP contribution < -0.4 is 10.9 Å². The van der Waals surface area contributed by atoms with Crippen LogP contribution in [0.4, 0.5) is 5.82 Å². The summed E-state index contributed by atoms with van der Waals surface area (Å²) in [6.45, 7) is 9.87. The fraction of sp³-hybridized carbons (Fsp3) is 0.280. The van der Waals surface area contributed by atoms with Crippen molar-refractivity contribution in [3.05, 3.63) is 81.9 Å². The van der Waals surface area contributed by atoms with Crippen LogP contribution in [0.15, 0.2) is 59.4 Å². The van der Waals surface area contributed by atoms with E-state index in [1.165, 1.54) is 4.68 Å². The number of anilines is 1. The Morgan fingerprint density at radius 3 is 2.38 bits per heavy atom. The highest BCUT2D eigenvalue weighted by atomic mass is 16.2. The van der Waals surface area contributed by atoms with Gasteiger partial charge in [-0.05, 0) is 37.6 Å². The Bertz CT molecular complexity index is 1380. The number of aryl methyl sites for hydroxylation is 2. The predicted molar refractivity (Wildman–Crippen MR) is 126 cm³/mol. The minimum atomic E-state index is -0.344. The molecular weight excluding hydrogens is 402 g/mol. The van der Waals surface area contributed by atoms with Crippen molar-refractivity contribution in [3.8, 4) is 5.69 Å². The van der Waals surface area contributed by atoms with Gasteiger partial charge in [-0.2, -0.15) is 10.2 Å². The number of fused-ring (bicyclic) bond motifs is 1. The van der Waals surface area contributed by atoms with Crippen molar-refractivity contribution in [2.24, 2.45) is 0 Å². The van der Waals surface area contributed by atoms with Crippen molar-refractivity contribution in [2.45, 2.75) is 46.6 Å². The summed E-state index contributed by atoms with van der Waals surface area (Å²) in [5.41, 5.74) is 3.02. The van der Waals surface area contributed by atoms with Crippen LogP contribution in [0, 0.1) is 13.8 Å². The Balaban J connectivity index is 1.68. The summed E-state index contributed by atoms with van der Waals surface area (Å²) in [6.07, 6.45) is 0. The Labute approximate surface area is 186 Å². The summed E-state index contributed by atoms with van der Waals surface area (Å²) in [5.74, 6) is 0.208. The van der Waals surface area contributed by atoms with Crippen molar-refractivity contribution in [3.63, 3.8) is 0 Å². The molecule has 0 atom stereocenters. The summed E-state index contributed by atoms with van der Waals surface area (Å²) < 4.78 is 2.94. The van der Waals surface area contributed by atoms with Gasteiger partial charge in [0.1, 0.15) is 12.4 Å². The summed E-state index contributed by atoms with van der Waals surface area (Å²) in [4.78, 5) is 25.8. The highest BCUT2D eigenvalue weighted by Crippen LogP contribution is 2.26. The van der Waals surface area contributed by atoms with Crippen molar-refractivity contribution >= 4 is 22.5 Å². The van der Waals surface area contributed by atoms with Gasteiger partial charge in [0.2, 0.25) is 5.91 Å². The van der Waals surface area contributed by atoms with Crippen LogP contribution in [0.3, 0.4) is 0 Å². The third-order valence-corrected chi connectivity index (χ3v) is 5.34. The van der Waals surface area contributed by atoms with Crippen LogP contribution in [0.2, 0.25) is 0 Å². The molecule has 0 radical (unpaired) electrons. The zero-order chi connectivity index (χ0) is 23.0. The standard InChI is InChI=1S/C25H27N5O2/c1-16-9-8-10-18(13-16)30-22(14-21(28-30)25(3,4)5)26-23(31)15-29-24(32)20-12-7-6-11-19(20)17(2)27-29/h6-14H,15H2,1-5H3,(H,26,31). The van der Waals surface area contributed by atoms with Crippen LogP contribution in [0.5, 0.6) is 0 Å². The molecule has 7 nitrogen and oxygen atoms in total. The van der Waals surface area contributed by atoms with E-state index in [-0.39, 0.29) is 23.4 Å². The summed E-state index contributed by atoms with van der Waals surface area (Å²) in [7, 11) is 0. The molecule has 0 spiro atoms. The zero-order valence-electron chi connectivity index (χ0n) is 19.0. The number of carbonyl (C=O) groups excluding carboxylic acids is 1. The molecule has 1 N–H and O–H groups in total. The van der Waals surface area contributed by atoms with E-state index in [0.29, 0.717) is 16.9 Å². The predicted octanol–water partition coefficient (Wildman–Crippen LogP) is 4.14. The van der Waals surface area contributed by atoms with Gasteiger partial charge in [-0.25, -0.2) is 9.36 Å². The number of nitrogens with zero attached hydrogens (tertiary/aromatic N) is 4. The van der Waals surface area contributed by atoms with E-state index in [2.05, 4.69) is 31.2 Å². The van der Waals surface area contributed by atoms with Gasteiger partial charge >= 0.3 is 0 Å². The Kier molecular flexibility index (Phi) is 5.42. The van der Waals surface area contributed by atoms with E-state index in [1.807, 2.05) is 62.4 Å². The molecule has 4 rings (SSSR count). The first-order valence-electron chi connectivity index (χ1n) is 10.6. The van der Waals surface area contributed by atoms with Crippen LogP contribution in [-0.4, -0.2) is 25.5 Å². The number of hydrogen-bond donors (Lipinski definition) is 1. The first kappa shape index (κ1) is 21.5. The third kappa shape index (κ3) is 4.19. The first-order valence-corrected chi connectivity index (χ1v) is 10.6. The monoisotopic (exact) mass is 429 g/mol. The van der Waals surface area contributed by atoms with E-state index >= 15 is 0 Å². The number of carbonyl (C=O) groups is 1. The minimum Gasteiger partial charge on any atom is -0.309 e. The second-order valence-corrected chi connectivity index (χ2v) is 9.06. The fourth-order valence-electron chi connectivity index (χ4n) is 3.62. The molecule has 0 fully saturated rings. The Morgan fingerprint density at radius 2 is 1.69 bits per heavy atom. The van der Waals surface area contributed by atoms with Crippen LogP contribution in [0.1, 0.15) is 37.7 Å². The Morgan fingerprint density at radius 1 is 0.969 bits per heavy atom. The molecule has 0 saturated heterocycles. The van der Waals surface area contributed by atoms with Gasteiger partial charge in [0.15, 0.2) is 0 Å².